The Balaban J connectivity index is 2.11. The standard InChI is InChI=1S/C19H38O4Si2/c1-18(2,3)24(7,8)22-14-11-13(12-20)15(17-16(14)21-17)23-25(9,10)19(4,5)6/h12-17H,11H2,1-10H3/t13-,14-,15-,16-,17+/m0/s1. The Morgan fingerprint density at radius 1 is 0.880 bits per heavy atom. The van der Waals surface area contributed by atoms with E-state index in [4.69, 9.17) is 13.6 Å². The van der Waals surface area contributed by atoms with Crippen LogP contribution >= 0.6 is 0 Å². The summed E-state index contributed by atoms with van der Waals surface area (Å²) in [5.74, 6) is -0.132. The number of epoxide rings is 1. The maximum Gasteiger partial charge on any atom is 0.192 e. The molecule has 1 heterocycles. The smallest absolute Gasteiger partial charge is 0.192 e. The number of rotatable bonds is 5. The molecule has 1 aliphatic heterocycles. The minimum absolute atomic E-state index is 0.0212. The van der Waals surface area contributed by atoms with Crippen molar-refractivity contribution in [2.75, 3.05) is 0 Å². The highest BCUT2D eigenvalue weighted by Gasteiger charge is 2.60. The molecule has 0 amide bonds. The molecule has 5 atom stereocenters. The zero-order valence-corrected chi connectivity index (χ0v) is 19.8. The highest BCUT2D eigenvalue weighted by atomic mass is 28.4. The molecule has 0 N–H and O–H groups in total. The average molecular weight is 387 g/mol. The number of ether oxygens (including phenoxy) is 1. The van der Waals surface area contributed by atoms with Gasteiger partial charge in [-0.2, -0.15) is 0 Å². The van der Waals surface area contributed by atoms with Crippen molar-refractivity contribution in [3.63, 3.8) is 0 Å². The van der Waals surface area contributed by atoms with E-state index < -0.39 is 16.6 Å². The molecule has 2 fully saturated rings. The Bertz CT molecular complexity index is 505. The van der Waals surface area contributed by atoms with E-state index in [1.165, 1.54) is 0 Å². The number of aldehydes is 1. The number of carbonyl (C=O) groups excluding carboxylic acids is 1. The first-order chi connectivity index (χ1) is 11.1. The van der Waals surface area contributed by atoms with Gasteiger partial charge < -0.3 is 18.4 Å². The predicted molar refractivity (Wildman–Crippen MR) is 107 cm³/mol. The summed E-state index contributed by atoms with van der Waals surface area (Å²) in [6, 6.07) is 0. The lowest BCUT2D eigenvalue weighted by Gasteiger charge is -2.44. The molecular weight excluding hydrogens is 348 g/mol. The van der Waals surface area contributed by atoms with Crippen molar-refractivity contribution in [2.45, 2.75) is 109 Å². The first-order valence-corrected chi connectivity index (χ1v) is 15.4. The van der Waals surface area contributed by atoms with Gasteiger partial charge in [0.15, 0.2) is 16.6 Å². The van der Waals surface area contributed by atoms with Crippen LogP contribution in [0.25, 0.3) is 0 Å². The Kier molecular flexibility index (Phi) is 5.58. The monoisotopic (exact) mass is 386 g/mol. The van der Waals surface area contributed by atoms with Gasteiger partial charge in [-0.05, 0) is 42.7 Å². The first kappa shape index (κ1) is 21.3. The van der Waals surface area contributed by atoms with Crippen LogP contribution in [0.15, 0.2) is 0 Å². The van der Waals surface area contributed by atoms with E-state index in [1.807, 2.05) is 0 Å². The topological polar surface area (TPSA) is 48.1 Å². The first-order valence-electron chi connectivity index (χ1n) is 9.57. The minimum Gasteiger partial charge on any atom is -0.411 e. The third kappa shape index (κ3) is 4.29. The maximum atomic E-state index is 11.8. The van der Waals surface area contributed by atoms with Crippen molar-refractivity contribution in [2.24, 2.45) is 5.92 Å². The molecule has 0 aromatic carbocycles. The quantitative estimate of drug-likeness (QED) is 0.388. The van der Waals surface area contributed by atoms with E-state index in [0.717, 1.165) is 12.7 Å². The van der Waals surface area contributed by atoms with Crippen LogP contribution in [-0.2, 0) is 18.4 Å². The second kappa shape index (κ2) is 6.55. The summed E-state index contributed by atoms with van der Waals surface area (Å²) in [7, 11) is -3.81. The number of fused-ring (bicyclic) bond motifs is 1. The number of hydrogen-bond acceptors (Lipinski definition) is 4. The predicted octanol–water partition coefficient (Wildman–Crippen LogP) is 4.75. The lowest BCUT2D eigenvalue weighted by atomic mass is 9.86. The van der Waals surface area contributed by atoms with E-state index >= 15 is 0 Å². The maximum absolute atomic E-state index is 11.8. The van der Waals surface area contributed by atoms with Crippen molar-refractivity contribution >= 4 is 22.9 Å². The molecule has 2 aliphatic rings. The molecule has 0 radical (unpaired) electrons. The number of hydrogen-bond donors (Lipinski definition) is 0. The average Bonchev–Trinajstić information content (AvgIpc) is 3.18. The van der Waals surface area contributed by atoms with E-state index in [-0.39, 0.29) is 40.4 Å². The summed E-state index contributed by atoms with van der Waals surface area (Å²) in [5.41, 5.74) is 0. The van der Waals surface area contributed by atoms with Crippen LogP contribution in [0.1, 0.15) is 48.0 Å². The fraction of sp³-hybridized carbons (Fsp3) is 0.947. The molecule has 0 unspecified atom stereocenters. The molecule has 0 bridgehead atoms. The molecule has 1 aliphatic carbocycles. The Labute approximate surface area is 156 Å². The zero-order chi connectivity index (χ0) is 19.4. The van der Waals surface area contributed by atoms with Crippen molar-refractivity contribution in [3.05, 3.63) is 0 Å². The molecule has 146 valence electrons. The molecule has 4 nitrogen and oxygen atoms in total. The van der Waals surface area contributed by atoms with Crippen molar-refractivity contribution in [1.29, 1.82) is 0 Å². The summed E-state index contributed by atoms with van der Waals surface area (Å²) in [6.45, 7) is 22.4. The third-order valence-corrected chi connectivity index (χ3v) is 15.8. The molecule has 1 saturated carbocycles. The van der Waals surface area contributed by atoms with E-state index in [2.05, 4.69) is 67.7 Å². The van der Waals surface area contributed by atoms with Crippen molar-refractivity contribution in [3.8, 4) is 0 Å². The highest BCUT2D eigenvalue weighted by Crippen LogP contribution is 2.48. The van der Waals surface area contributed by atoms with Gasteiger partial charge in [0.1, 0.15) is 18.5 Å². The van der Waals surface area contributed by atoms with Gasteiger partial charge in [-0.15, -0.1) is 0 Å². The summed E-state index contributed by atoms with van der Waals surface area (Å²) in [6.07, 6.45) is 1.82. The largest absolute Gasteiger partial charge is 0.411 e. The molecule has 25 heavy (non-hydrogen) atoms. The van der Waals surface area contributed by atoms with Gasteiger partial charge in [0.2, 0.25) is 0 Å². The molecule has 2 rings (SSSR count). The summed E-state index contributed by atoms with van der Waals surface area (Å²) >= 11 is 0. The van der Waals surface area contributed by atoms with Crippen LogP contribution in [0.3, 0.4) is 0 Å². The van der Waals surface area contributed by atoms with Crippen LogP contribution < -0.4 is 0 Å². The summed E-state index contributed by atoms with van der Waals surface area (Å²) in [5, 5.41) is 0.280. The van der Waals surface area contributed by atoms with Crippen molar-refractivity contribution < 1.29 is 18.4 Å². The van der Waals surface area contributed by atoms with Crippen LogP contribution in [-0.4, -0.2) is 47.3 Å². The normalized spacial score (nSPS) is 33.8. The van der Waals surface area contributed by atoms with Crippen LogP contribution in [0.4, 0.5) is 0 Å². The van der Waals surface area contributed by atoms with Gasteiger partial charge in [-0.1, -0.05) is 41.5 Å². The Morgan fingerprint density at radius 3 is 1.80 bits per heavy atom. The molecule has 0 aromatic rings. The van der Waals surface area contributed by atoms with Gasteiger partial charge in [-0.25, -0.2) is 0 Å². The Hall–Kier alpha value is -0.0162. The fourth-order valence-corrected chi connectivity index (χ4v) is 5.64. The molecule has 0 spiro atoms. The lowest BCUT2D eigenvalue weighted by molar-refractivity contribution is -0.116. The second-order valence-electron chi connectivity index (χ2n) is 10.9. The minimum atomic E-state index is -1.94. The SMILES string of the molecule is CC(C)(C)[Si](C)(C)O[C@@H]1[C@H]2O[C@H]2[C@@H](O[Si](C)(C)C(C)(C)C)C[C@H]1C=O. The van der Waals surface area contributed by atoms with E-state index in [1.54, 1.807) is 0 Å². The van der Waals surface area contributed by atoms with Crippen molar-refractivity contribution in [1.82, 2.24) is 0 Å². The third-order valence-electron chi connectivity index (χ3n) is 6.84. The fourth-order valence-electron chi connectivity index (χ4n) is 2.95. The summed E-state index contributed by atoms with van der Waals surface area (Å²) in [4.78, 5) is 11.8. The summed E-state index contributed by atoms with van der Waals surface area (Å²) < 4.78 is 19.2. The van der Waals surface area contributed by atoms with Gasteiger partial charge in [0.05, 0.1) is 12.2 Å². The number of carbonyl (C=O) groups is 1. The van der Waals surface area contributed by atoms with Crippen LogP contribution in [0.2, 0.25) is 36.3 Å². The van der Waals surface area contributed by atoms with Gasteiger partial charge >= 0.3 is 0 Å². The molecular formula is C19H38O4Si2. The van der Waals surface area contributed by atoms with Crippen LogP contribution in [0.5, 0.6) is 0 Å². The van der Waals surface area contributed by atoms with Gasteiger partial charge in [0, 0.05) is 5.92 Å². The Morgan fingerprint density at radius 2 is 1.36 bits per heavy atom. The molecule has 0 aromatic heterocycles. The molecule has 1 saturated heterocycles. The van der Waals surface area contributed by atoms with E-state index in [9.17, 15) is 4.79 Å². The second-order valence-corrected chi connectivity index (χ2v) is 20.4. The highest BCUT2D eigenvalue weighted by molar-refractivity contribution is 6.74. The lowest BCUT2D eigenvalue weighted by Crippen LogP contribution is -2.53. The zero-order valence-electron chi connectivity index (χ0n) is 17.8. The van der Waals surface area contributed by atoms with Crippen LogP contribution in [0, 0.1) is 5.92 Å². The van der Waals surface area contributed by atoms with Gasteiger partial charge in [-0.3, -0.25) is 0 Å². The molecule has 6 heteroatoms. The van der Waals surface area contributed by atoms with E-state index in [0.29, 0.717) is 0 Å². The van der Waals surface area contributed by atoms with Gasteiger partial charge in [0.25, 0.3) is 0 Å².